The van der Waals surface area contributed by atoms with Crippen molar-refractivity contribution in [3.63, 3.8) is 0 Å². The van der Waals surface area contributed by atoms with Crippen molar-refractivity contribution in [2.45, 2.75) is 46.0 Å². The molecule has 1 aromatic heterocycles. The number of benzene rings is 2. The SMILES string of the molecule is CC(=O)N1c2c(C)cc(C)cc2-c2nnc(SCC(C)C)nc2OC1c1cccc(F)c1F. The molecule has 0 N–H and O–H groups in total. The predicted octanol–water partition coefficient (Wildman–Crippen LogP) is 5.63. The fourth-order valence-corrected chi connectivity index (χ4v) is 4.55. The lowest BCUT2D eigenvalue weighted by atomic mass is 10.00. The number of amides is 1. The number of nitrogens with zero attached hydrogens (tertiary/aromatic N) is 4. The molecule has 0 saturated heterocycles. The summed E-state index contributed by atoms with van der Waals surface area (Å²) < 4.78 is 35.2. The quantitative estimate of drug-likeness (QED) is 0.461. The third-order valence-corrected chi connectivity index (χ3v) is 6.43. The first kappa shape index (κ1) is 23.1. The molecule has 0 aliphatic carbocycles. The Balaban J connectivity index is 1.98. The van der Waals surface area contributed by atoms with Gasteiger partial charge < -0.3 is 4.74 Å². The van der Waals surface area contributed by atoms with Crippen LogP contribution >= 0.6 is 11.8 Å². The Morgan fingerprint density at radius 2 is 1.97 bits per heavy atom. The van der Waals surface area contributed by atoms with E-state index in [0.717, 1.165) is 22.9 Å². The summed E-state index contributed by atoms with van der Waals surface area (Å²) in [5.74, 6) is -1.21. The maximum absolute atomic E-state index is 14.9. The second-order valence-corrected chi connectivity index (χ2v) is 9.42. The van der Waals surface area contributed by atoms with Gasteiger partial charge >= 0.3 is 0 Å². The average molecular weight is 471 g/mol. The highest BCUT2D eigenvalue weighted by Crippen LogP contribution is 2.46. The molecule has 4 rings (SSSR count). The van der Waals surface area contributed by atoms with Gasteiger partial charge in [0.1, 0.15) is 0 Å². The van der Waals surface area contributed by atoms with E-state index in [4.69, 9.17) is 4.74 Å². The number of fused-ring (bicyclic) bond motifs is 3. The van der Waals surface area contributed by atoms with Crippen LogP contribution in [-0.4, -0.2) is 26.8 Å². The Labute approximate surface area is 195 Å². The number of anilines is 1. The smallest absolute Gasteiger partial charge is 0.247 e. The molecule has 1 amide bonds. The average Bonchev–Trinajstić information content (AvgIpc) is 2.88. The lowest BCUT2D eigenvalue weighted by molar-refractivity contribution is -0.118. The maximum atomic E-state index is 14.9. The van der Waals surface area contributed by atoms with Crippen LogP contribution in [0.3, 0.4) is 0 Å². The molecular formula is C24H24F2N4O2S. The zero-order valence-electron chi connectivity index (χ0n) is 19.0. The highest BCUT2D eigenvalue weighted by atomic mass is 32.2. The monoisotopic (exact) mass is 470 g/mol. The molecule has 172 valence electrons. The largest absolute Gasteiger partial charge is 0.447 e. The summed E-state index contributed by atoms with van der Waals surface area (Å²) in [6, 6.07) is 7.58. The van der Waals surface area contributed by atoms with E-state index in [1.807, 2.05) is 26.0 Å². The molecule has 1 aliphatic heterocycles. The summed E-state index contributed by atoms with van der Waals surface area (Å²) in [5.41, 5.74) is 3.03. The van der Waals surface area contributed by atoms with Gasteiger partial charge in [-0.2, -0.15) is 4.98 Å². The lowest BCUT2D eigenvalue weighted by Gasteiger charge is -2.31. The Kier molecular flexibility index (Phi) is 6.34. The number of carbonyl (C=O) groups excluding carboxylic acids is 1. The molecule has 1 atom stereocenters. The molecule has 0 fully saturated rings. The number of ether oxygens (including phenoxy) is 1. The molecule has 1 aliphatic rings. The van der Waals surface area contributed by atoms with Gasteiger partial charge in [-0.15, -0.1) is 10.2 Å². The van der Waals surface area contributed by atoms with Crippen LogP contribution in [0, 0.1) is 31.4 Å². The van der Waals surface area contributed by atoms with Gasteiger partial charge in [0, 0.05) is 18.2 Å². The minimum Gasteiger partial charge on any atom is -0.447 e. The number of aryl methyl sites for hydroxylation is 2. The summed E-state index contributed by atoms with van der Waals surface area (Å²) in [6.07, 6.45) is -1.28. The summed E-state index contributed by atoms with van der Waals surface area (Å²) in [4.78, 5) is 18.8. The zero-order chi connectivity index (χ0) is 23.9. The van der Waals surface area contributed by atoms with Gasteiger partial charge in [0.25, 0.3) is 0 Å². The van der Waals surface area contributed by atoms with E-state index >= 15 is 0 Å². The Bertz CT molecular complexity index is 1240. The molecule has 0 radical (unpaired) electrons. The number of rotatable bonds is 4. The van der Waals surface area contributed by atoms with Crippen LogP contribution in [0.15, 0.2) is 35.5 Å². The first-order chi connectivity index (χ1) is 15.7. The molecular weight excluding hydrogens is 446 g/mol. The lowest BCUT2D eigenvalue weighted by Crippen LogP contribution is -2.37. The van der Waals surface area contributed by atoms with E-state index < -0.39 is 23.8 Å². The van der Waals surface area contributed by atoms with E-state index in [9.17, 15) is 13.6 Å². The van der Waals surface area contributed by atoms with Crippen molar-refractivity contribution < 1.29 is 18.3 Å². The van der Waals surface area contributed by atoms with Crippen molar-refractivity contribution in [2.75, 3.05) is 10.7 Å². The van der Waals surface area contributed by atoms with E-state index in [-0.39, 0.29) is 11.4 Å². The van der Waals surface area contributed by atoms with E-state index in [1.165, 1.54) is 35.7 Å². The minimum absolute atomic E-state index is 0.111. The normalized spacial score (nSPS) is 15.0. The summed E-state index contributed by atoms with van der Waals surface area (Å²) in [7, 11) is 0. The molecule has 9 heteroatoms. The zero-order valence-corrected chi connectivity index (χ0v) is 19.8. The topological polar surface area (TPSA) is 68.2 Å². The molecule has 0 spiro atoms. The first-order valence-corrected chi connectivity index (χ1v) is 11.6. The minimum atomic E-state index is -1.28. The van der Waals surface area contributed by atoms with Gasteiger partial charge in [-0.25, -0.2) is 8.78 Å². The summed E-state index contributed by atoms with van der Waals surface area (Å²) >= 11 is 1.43. The van der Waals surface area contributed by atoms with Gasteiger partial charge in [0.15, 0.2) is 17.3 Å². The number of hydrogen-bond donors (Lipinski definition) is 0. The third-order valence-electron chi connectivity index (χ3n) is 5.17. The van der Waals surface area contributed by atoms with Crippen molar-refractivity contribution in [3.8, 4) is 17.1 Å². The van der Waals surface area contributed by atoms with Crippen molar-refractivity contribution in [2.24, 2.45) is 5.92 Å². The van der Waals surface area contributed by atoms with Crippen LogP contribution in [0.1, 0.15) is 43.7 Å². The van der Waals surface area contributed by atoms with Crippen LogP contribution in [-0.2, 0) is 4.79 Å². The number of carbonyl (C=O) groups is 1. The van der Waals surface area contributed by atoms with Crippen molar-refractivity contribution in [1.82, 2.24) is 15.2 Å². The third kappa shape index (κ3) is 4.42. The van der Waals surface area contributed by atoms with E-state index in [2.05, 4.69) is 29.0 Å². The molecule has 0 bridgehead atoms. The van der Waals surface area contributed by atoms with Crippen LogP contribution in [0.5, 0.6) is 5.88 Å². The Morgan fingerprint density at radius 1 is 1.21 bits per heavy atom. The Morgan fingerprint density at radius 3 is 2.67 bits per heavy atom. The molecule has 33 heavy (non-hydrogen) atoms. The highest BCUT2D eigenvalue weighted by Gasteiger charge is 2.37. The summed E-state index contributed by atoms with van der Waals surface area (Å²) in [5, 5.41) is 9.03. The van der Waals surface area contributed by atoms with Crippen LogP contribution in [0.25, 0.3) is 11.3 Å². The van der Waals surface area contributed by atoms with E-state index in [0.29, 0.717) is 28.0 Å². The van der Waals surface area contributed by atoms with Crippen LogP contribution < -0.4 is 9.64 Å². The number of thioether (sulfide) groups is 1. The van der Waals surface area contributed by atoms with Gasteiger partial charge in [-0.05, 0) is 37.5 Å². The van der Waals surface area contributed by atoms with Gasteiger partial charge in [0.2, 0.25) is 23.2 Å². The van der Waals surface area contributed by atoms with Crippen LogP contribution in [0.2, 0.25) is 0 Å². The summed E-state index contributed by atoms with van der Waals surface area (Å²) in [6.45, 7) is 9.29. The van der Waals surface area contributed by atoms with Crippen LogP contribution in [0.4, 0.5) is 14.5 Å². The maximum Gasteiger partial charge on any atom is 0.247 e. The fraction of sp³-hybridized carbons (Fsp3) is 0.333. The van der Waals surface area contributed by atoms with Crippen molar-refractivity contribution in [1.29, 1.82) is 0 Å². The number of halogens is 2. The van der Waals surface area contributed by atoms with Gasteiger partial charge in [-0.1, -0.05) is 49.4 Å². The second-order valence-electron chi connectivity index (χ2n) is 8.43. The molecule has 2 heterocycles. The molecule has 0 saturated carbocycles. The highest BCUT2D eigenvalue weighted by molar-refractivity contribution is 7.99. The molecule has 3 aromatic rings. The molecule has 6 nitrogen and oxygen atoms in total. The Hall–Kier alpha value is -3.07. The van der Waals surface area contributed by atoms with Crippen molar-refractivity contribution >= 4 is 23.4 Å². The first-order valence-electron chi connectivity index (χ1n) is 10.6. The van der Waals surface area contributed by atoms with Crippen molar-refractivity contribution in [3.05, 3.63) is 58.7 Å². The number of hydrogen-bond acceptors (Lipinski definition) is 6. The molecule has 1 unspecified atom stereocenters. The molecule has 2 aromatic carbocycles. The standard InChI is InChI=1S/C24H24F2N4O2S/c1-12(2)11-33-24-27-22-20(28-29-24)17-10-13(3)9-14(4)21(17)30(15(5)31)23(32-22)16-7-6-8-18(25)19(16)26/h6-10,12,23H,11H2,1-5H3. The predicted molar refractivity (Wildman–Crippen MR) is 123 cm³/mol. The number of aromatic nitrogens is 3. The van der Waals surface area contributed by atoms with Gasteiger partial charge in [-0.3, -0.25) is 9.69 Å². The van der Waals surface area contributed by atoms with Gasteiger partial charge in [0.05, 0.1) is 11.3 Å². The van der Waals surface area contributed by atoms with E-state index in [1.54, 1.807) is 0 Å². The fourth-order valence-electron chi connectivity index (χ4n) is 3.82. The second kappa shape index (κ2) is 9.05.